The molecule has 0 aliphatic carbocycles. The predicted octanol–water partition coefficient (Wildman–Crippen LogP) is 3.01. The highest BCUT2D eigenvalue weighted by Crippen LogP contribution is 2.41. The van der Waals surface area contributed by atoms with Gasteiger partial charge < -0.3 is 14.5 Å². The molecule has 9 heteroatoms. The summed E-state index contributed by atoms with van der Waals surface area (Å²) in [7, 11) is 2.94. The minimum Gasteiger partial charge on any atom is -0.493 e. The van der Waals surface area contributed by atoms with E-state index in [0.29, 0.717) is 32.4 Å². The number of aromatic nitrogens is 2. The average Bonchev–Trinajstić information content (AvgIpc) is 2.64. The molecule has 2 aromatic carbocycles. The average molecular weight is 439 g/mol. The highest BCUT2D eigenvalue weighted by molar-refractivity contribution is 9.10. The van der Waals surface area contributed by atoms with Gasteiger partial charge in [0.2, 0.25) is 0 Å². The summed E-state index contributed by atoms with van der Waals surface area (Å²) in [6.45, 7) is 0. The van der Waals surface area contributed by atoms with E-state index in [9.17, 15) is 9.59 Å². The summed E-state index contributed by atoms with van der Waals surface area (Å²) in [6.07, 6.45) is 1.34. The number of hydrogen-bond acceptors (Lipinski definition) is 5. The first-order chi connectivity index (χ1) is 12.5. The lowest BCUT2D eigenvalue weighted by Crippen LogP contribution is -2.32. The van der Waals surface area contributed by atoms with E-state index in [1.54, 1.807) is 30.3 Å². The van der Waals surface area contributed by atoms with Crippen LogP contribution in [-0.2, 0) is 0 Å². The van der Waals surface area contributed by atoms with Crippen LogP contribution in [0.25, 0.3) is 10.9 Å². The van der Waals surface area contributed by atoms with E-state index < -0.39 is 11.2 Å². The highest BCUT2D eigenvalue weighted by Gasteiger charge is 2.16. The fourth-order valence-corrected chi connectivity index (χ4v) is 3.09. The summed E-state index contributed by atoms with van der Waals surface area (Å²) in [6, 6.07) is 8.33. The summed E-state index contributed by atoms with van der Waals surface area (Å²) >= 11 is 9.61. The molecule has 1 heterocycles. The molecule has 0 fully saturated rings. The van der Waals surface area contributed by atoms with Crippen molar-refractivity contribution in [1.29, 1.82) is 0 Å². The van der Waals surface area contributed by atoms with Gasteiger partial charge in [-0.15, -0.1) is 4.68 Å². The van der Waals surface area contributed by atoms with Crippen LogP contribution in [0.2, 0.25) is 5.02 Å². The van der Waals surface area contributed by atoms with Crippen molar-refractivity contribution in [2.45, 2.75) is 0 Å². The number of benzene rings is 2. The molecule has 0 atom stereocenters. The first-order valence-electron chi connectivity index (χ1n) is 7.36. The minimum absolute atomic E-state index is 0.285. The molecule has 7 nitrogen and oxygen atoms in total. The van der Waals surface area contributed by atoms with Gasteiger partial charge in [-0.2, -0.15) is 5.10 Å². The minimum atomic E-state index is -0.646. The Morgan fingerprint density at radius 1 is 1.23 bits per heavy atom. The zero-order chi connectivity index (χ0) is 18.8. The number of aromatic amines is 1. The zero-order valence-corrected chi connectivity index (χ0v) is 16.1. The number of rotatable bonds is 4. The van der Waals surface area contributed by atoms with Gasteiger partial charge in [0.15, 0.2) is 11.5 Å². The number of H-pyrrole nitrogens is 1. The topological polar surface area (TPSA) is 85.7 Å². The molecule has 0 saturated carbocycles. The van der Waals surface area contributed by atoms with Crippen molar-refractivity contribution >= 4 is 44.6 Å². The Kier molecular flexibility index (Phi) is 5.15. The second-order valence-electron chi connectivity index (χ2n) is 5.17. The second kappa shape index (κ2) is 7.35. The third kappa shape index (κ3) is 3.13. The molecule has 0 bridgehead atoms. The lowest BCUT2D eigenvalue weighted by molar-refractivity contribution is 0.355. The molecular formula is C17H13BrClN3O4. The van der Waals surface area contributed by atoms with Gasteiger partial charge in [0.25, 0.3) is 5.56 Å². The van der Waals surface area contributed by atoms with Gasteiger partial charge in [0, 0.05) is 10.0 Å². The van der Waals surface area contributed by atoms with Crippen LogP contribution in [0.5, 0.6) is 11.5 Å². The molecule has 3 rings (SSSR count). The van der Waals surface area contributed by atoms with Crippen molar-refractivity contribution in [2.75, 3.05) is 14.2 Å². The number of para-hydroxylation sites is 1. The maximum absolute atomic E-state index is 12.5. The first kappa shape index (κ1) is 18.2. The van der Waals surface area contributed by atoms with Crippen molar-refractivity contribution in [1.82, 2.24) is 9.66 Å². The van der Waals surface area contributed by atoms with Gasteiger partial charge in [0.1, 0.15) is 5.02 Å². The summed E-state index contributed by atoms with van der Waals surface area (Å²) < 4.78 is 11.7. The summed E-state index contributed by atoms with van der Waals surface area (Å²) in [5.74, 6) is 0.751. The Morgan fingerprint density at radius 3 is 2.65 bits per heavy atom. The number of fused-ring (bicyclic) bond motifs is 1. The van der Waals surface area contributed by atoms with Gasteiger partial charge in [0.05, 0.1) is 31.3 Å². The van der Waals surface area contributed by atoms with Gasteiger partial charge in [-0.3, -0.25) is 4.79 Å². The van der Waals surface area contributed by atoms with Crippen molar-refractivity contribution < 1.29 is 9.47 Å². The predicted molar refractivity (Wildman–Crippen MR) is 104 cm³/mol. The maximum atomic E-state index is 12.5. The van der Waals surface area contributed by atoms with Crippen LogP contribution in [0, 0.1) is 0 Å². The van der Waals surface area contributed by atoms with E-state index in [-0.39, 0.29) is 5.02 Å². The van der Waals surface area contributed by atoms with Gasteiger partial charge in [-0.05, 0) is 34.1 Å². The molecule has 0 aliphatic rings. The summed E-state index contributed by atoms with van der Waals surface area (Å²) in [5, 5.41) is 4.65. The first-order valence-corrected chi connectivity index (χ1v) is 8.53. The third-order valence-corrected chi connectivity index (χ3v) is 5.12. The Hall–Kier alpha value is -2.58. The largest absolute Gasteiger partial charge is 0.493 e. The van der Waals surface area contributed by atoms with Crippen LogP contribution in [0.4, 0.5) is 0 Å². The number of nitrogens with zero attached hydrogens (tertiary/aromatic N) is 2. The fourth-order valence-electron chi connectivity index (χ4n) is 2.42. The van der Waals surface area contributed by atoms with Crippen LogP contribution >= 0.6 is 27.5 Å². The lowest BCUT2D eigenvalue weighted by atomic mass is 10.2. The Balaban J connectivity index is 2.15. The number of hydrogen-bond donors (Lipinski definition) is 1. The van der Waals surface area contributed by atoms with Gasteiger partial charge >= 0.3 is 5.69 Å². The summed E-state index contributed by atoms with van der Waals surface area (Å²) in [5.41, 5.74) is -0.215. The molecule has 0 radical (unpaired) electrons. The van der Waals surface area contributed by atoms with Crippen LogP contribution in [0.15, 0.2) is 49.5 Å². The van der Waals surface area contributed by atoms with Gasteiger partial charge in [-0.25, -0.2) is 4.79 Å². The van der Waals surface area contributed by atoms with Crippen LogP contribution < -0.4 is 20.7 Å². The van der Waals surface area contributed by atoms with E-state index in [2.05, 4.69) is 26.0 Å². The van der Waals surface area contributed by atoms with E-state index in [1.807, 2.05) is 0 Å². The second-order valence-corrected chi connectivity index (χ2v) is 6.34. The number of nitrogens with one attached hydrogen (secondary N) is 1. The van der Waals surface area contributed by atoms with Crippen LogP contribution in [0.1, 0.15) is 5.56 Å². The van der Waals surface area contributed by atoms with Crippen molar-refractivity contribution in [3.05, 3.63) is 66.2 Å². The Labute approximate surface area is 161 Å². The highest BCUT2D eigenvalue weighted by atomic mass is 79.9. The molecule has 134 valence electrons. The molecule has 3 aromatic rings. The third-order valence-electron chi connectivity index (χ3n) is 3.68. The monoisotopic (exact) mass is 437 g/mol. The van der Waals surface area contributed by atoms with Gasteiger partial charge in [-0.1, -0.05) is 23.7 Å². The van der Waals surface area contributed by atoms with Crippen molar-refractivity contribution in [2.24, 2.45) is 5.10 Å². The molecule has 0 aliphatic heterocycles. The summed E-state index contributed by atoms with van der Waals surface area (Å²) in [4.78, 5) is 27.3. The zero-order valence-electron chi connectivity index (χ0n) is 13.7. The molecule has 0 spiro atoms. The smallest absolute Gasteiger partial charge is 0.349 e. The lowest BCUT2D eigenvalue weighted by Gasteiger charge is -2.12. The van der Waals surface area contributed by atoms with E-state index in [1.165, 1.54) is 20.4 Å². The van der Waals surface area contributed by atoms with Crippen LogP contribution in [-0.4, -0.2) is 30.1 Å². The molecule has 1 aromatic heterocycles. The van der Waals surface area contributed by atoms with E-state index >= 15 is 0 Å². The normalized spacial score (nSPS) is 11.2. The van der Waals surface area contributed by atoms with E-state index in [0.717, 1.165) is 4.68 Å². The Morgan fingerprint density at radius 2 is 1.96 bits per heavy atom. The number of halogens is 2. The number of ether oxygens (including phenoxy) is 2. The quantitative estimate of drug-likeness (QED) is 0.635. The molecule has 26 heavy (non-hydrogen) atoms. The molecule has 0 unspecified atom stereocenters. The molecule has 0 saturated heterocycles. The fraction of sp³-hybridized carbons (Fsp3) is 0.118. The Bertz CT molecular complexity index is 1140. The van der Waals surface area contributed by atoms with Crippen LogP contribution in [0.3, 0.4) is 0 Å². The van der Waals surface area contributed by atoms with Crippen molar-refractivity contribution in [3.8, 4) is 11.5 Å². The van der Waals surface area contributed by atoms with E-state index in [4.69, 9.17) is 21.1 Å². The maximum Gasteiger partial charge on any atom is 0.349 e. The molecule has 0 amide bonds. The molecule has 1 N–H and O–H groups in total. The molecular weight excluding hydrogens is 426 g/mol. The standard InChI is InChI=1S/C17H13BrClN3O4/c1-25-12-7-9(13(18)14(19)15(12)26-2)8-20-22-16(23)10-5-3-4-6-11(10)21-17(22)24/h3-8H,1-2H3,(H,21,24). The SMILES string of the molecule is COc1cc(C=Nn2c(=O)[nH]c3ccccc3c2=O)c(Br)c(Cl)c1OC. The van der Waals surface area contributed by atoms with Crippen molar-refractivity contribution in [3.63, 3.8) is 0 Å². The number of methoxy groups -OCH3 is 2.